The molecule has 146 valence electrons. The van der Waals surface area contributed by atoms with E-state index in [1.807, 2.05) is 5.41 Å². The minimum Gasteiger partial charge on any atom is -0.307 e. The van der Waals surface area contributed by atoms with E-state index in [9.17, 15) is 4.79 Å². The number of carbonyl (C=O) groups excluding carboxylic acids is 1. The molecule has 4 rings (SSSR count). The molecule has 1 aliphatic heterocycles. The summed E-state index contributed by atoms with van der Waals surface area (Å²) in [6.45, 7) is 5.72. The largest absolute Gasteiger partial charge is 0.329 e. The highest BCUT2D eigenvalue weighted by atomic mass is 32.2. The summed E-state index contributed by atoms with van der Waals surface area (Å²) in [6, 6.07) is 2.30. The van der Waals surface area contributed by atoms with Gasteiger partial charge in [0.05, 0.1) is 0 Å². The number of anilines is 1. The first-order valence-electron chi connectivity index (χ1n) is 10.5. The van der Waals surface area contributed by atoms with Crippen molar-refractivity contribution in [2.45, 2.75) is 58.3 Å². The third-order valence-electron chi connectivity index (χ3n) is 6.27. The van der Waals surface area contributed by atoms with E-state index in [0.717, 1.165) is 44.5 Å². The molecule has 5 heteroatoms. The Labute approximate surface area is 167 Å². The summed E-state index contributed by atoms with van der Waals surface area (Å²) in [6.07, 6.45) is 11.7. The number of aryl methyl sites for hydroxylation is 2. The molecule has 0 bridgehead atoms. The van der Waals surface area contributed by atoms with Crippen molar-refractivity contribution in [1.82, 2.24) is 9.62 Å². The minimum atomic E-state index is -0.0992. The molecule has 0 saturated carbocycles. The number of fused-ring (bicyclic) bond motifs is 2. The van der Waals surface area contributed by atoms with E-state index in [4.69, 9.17) is 0 Å². The van der Waals surface area contributed by atoms with Crippen LogP contribution in [0.2, 0.25) is 0 Å². The molecule has 3 aliphatic rings. The molecular weight excluding hydrogens is 354 g/mol. The van der Waals surface area contributed by atoms with Crippen LogP contribution in [0.15, 0.2) is 17.6 Å². The molecular formula is C22H31N3OS. The Morgan fingerprint density at radius 2 is 1.93 bits per heavy atom. The van der Waals surface area contributed by atoms with Gasteiger partial charge in [-0.1, -0.05) is 19.1 Å². The zero-order chi connectivity index (χ0) is 18.6. The molecule has 2 N–H and O–H groups in total. The summed E-state index contributed by atoms with van der Waals surface area (Å²) in [5.41, 5.74) is 6.79. The fourth-order valence-corrected chi connectivity index (χ4v) is 5.41. The van der Waals surface area contributed by atoms with Gasteiger partial charge in [-0.3, -0.25) is 4.72 Å². The van der Waals surface area contributed by atoms with E-state index in [0.29, 0.717) is 5.92 Å². The smallest absolute Gasteiger partial charge is 0.307 e. The lowest BCUT2D eigenvalue weighted by atomic mass is 9.98. The van der Waals surface area contributed by atoms with E-state index in [-0.39, 0.29) is 6.03 Å². The number of nitrogens with one attached hydrogen (secondary N) is 2. The van der Waals surface area contributed by atoms with Crippen molar-refractivity contribution in [2.24, 2.45) is 5.92 Å². The number of carbonyl (C=O) groups is 1. The van der Waals surface area contributed by atoms with Gasteiger partial charge in [0.25, 0.3) is 0 Å². The van der Waals surface area contributed by atoms with E-state index < -0.39 is 0 Å². The summed E-state index contributed by atoms with van der Waals surface area (Å²) < 4.78 is 2.94. The van der Waals surface area contributed by atoms with Gasteiger partial charge in [0, 0.05) is 12.2 Å². The molecule has 1 aromatic rings. The summed E-state index contributed by atoms with van der Waals surface area (Å²) >= 11 is 1.39. The van der Waals surface area contributed by atoms with Gasteiger partial charge in [-0.15, -0.1) is 0 Å². The molecule has 1 atom stereocenters. The molecule has 1 fully saturated rings. The molecule has 0 radical (unpaired) electrons. The Morgan fingerprint density at radius 1 is 1.19 bits per heavy atom. The van der Waals surface area contributed by atoms with Crippen LogP contribution < -0.4 is 10.0 Å². The fraction of sp³-hybridized carbons (Fsp3) is 0.591. The third kappa shape index (κ3) is 4.35. The van der Waals surface area contributed by atoms with Crippen LogP contribution in [0, 0.1) is 5.92 Å². The zero-order valence-corrected chi connectivity index (χ0v) is 17.2. The van der Waals surface area contributed by atoms with E-state index in [1.165, 1.54) is 66.4 Å². The van der Waals surface area contributed by atoms with E-state index in [2.05, 4.69) is 34.0 Å². The van der Waals surface area contributed by atoms with Crippen molar-refractivity contribution in [3.8, 4) is 0 Å². The second-order valence-electron chi connectivity index (χ2n) is 8.03. The summed E-state index contributed by atoms with van der Waals surface area (Å²) in [5, 5.41) is 5.23. The Kier molecular flexibility index (Phi) is 6.08. The van der Waals surface area contributed by atoms with Crippen molar-refractivity contribution in [2.75, 3.05) is 25.0 Å². The quantitative estimate of drug-likeness (QED) is 0.724. The number of piperidine rings is 1. The highest BCUT2D eigenvalue weighted by Gasteiger charge is 2.24. The molecule has 0 aromatic heterocycles. The van der Waals surface area contributed by atoms with Gasteiger partial charge in [0.15, 0.2) is 0 Å². The Hall–Kier alpha value is -1.46. The molecule has 0 spiro atoms. The van der Waals surface area contributed by atoms with Gasteiger partial charge in [-0.25, -0.2) is 4.79 Å². The summed E-state index contributed by atoms with van der Waals surface area (Å²) in [4.78, 5) is 15.0. The Morgan fingerprint density at radius 3 is 2.63 bits per heavy atom. The first-order valence-corrected chi connectivity index (χ1v) is 11.4. The SMILES string of the molecule is CCN1CCCC(/C=C/SNC(=O)Nc2c3c(cc4c2CCC4)CCC3)C1. The zero-order valence-electron chi connectivity index (χ0n) is 16.4. The number of nitrogens with zero attached hydrogens (tertiary/aromatic N) is 1. The monoisotopic (exact) mass is 385 g/mol. The van der Waals surface area contributed by atoms with Crippen LogP contribution >= 0.6 is 11.9 Å². The molecule has 2 amide bonds. The Balaban J connectivity index is 1.32. The lowest BCUT2D eigenvalue weighted by Gasteiger charge is -2.30. The second-order valence-corrected chi connectivity index (χ2v) is 8.74. The number of rotatable bonds is 5. The average molecular weight is 386 g/mol. The number of amides is 2. The van der Waals surface area contributed by atoms with Crippen molar-refractivity contribution in [3.63, 3.8) is 0 Å². The fourth-order valence-electron chi connectivity index (χ4n) is 4.88. The van der Waals surface area contributed by atoms with Crippen molar-refractivity contribution in [3.05, 3.63) is 39.8 Å². The van der Waals surface area contributed by atoms with Crippen molar-refractivity contribution < 1.29 is 4.79 Å². The maximum atomic E-state index is 12.5. The number of likely N-dealkylation sites (tertiary alicyclic amines) is 1. The van der Waals surface area contributed by atoms with Crippen LogP contribution in [-0.2, 0) is 25.7 Å². The van der Waals surface area contributed by atoms with Gasteiger partial charge >= 0.3 is 6.03 Å². The van der Waals surface area contributed by atoms with Crippen LogP contribution in [0.4, 0.5) is 10.5 Å². The van der Waals surface area contributed by atoms with Gasteiger partial charge in [-0.2, -0.15) is 0 Å². The lowest BCUT2D eigenvalue weighted by Crippen LogP contribution is -2.34. The number of urea groups is 1. The van der Waals surface area contributed by atoms with Crippen LogP contribution in [0.3, 0.4) is 0 Å². The molecule has 1 aromatic carbocycles. The first kappa shape index (κ1) is 18.9. The number of hydrogen-bond donors (Lipinski definition) is 2. The first-order chi connectivity index (χ1) is 13.2. The standard InChI is InChI=1S/C22H31N3OS/c1-2-25-12-5-6-16(15-25)11-13-27-24-22(26)23-21-19-9-3-7-17(19)14-18-8-4-10-20(18)21/h11,13-14,16H,2-10,12,15H2,1H3,(H2,23,24,26)/b13-11+. The van der Waals surface area contributed by atoms with Crippen LogP contribution in [0.5, 0.6) is 0 Å². The van der Waals surface area contributed by atoms with Crippen molar-refractivity contribution in [1.29, 1.82) is 0 Å². The lowest BCUT2D eigenvalue weighted by molar-refractivity contribution is 0.206. The molecule has 1 unspecified atom stereocenters. The van der Waals surface area contributed by atoms with Gasteiger partial charge in [-0.05, 0) is 110 Å². The average Bonchev–Trinajstić information content (AvgIpc) is 3.34. The van der Waals surface area contributed by atoms with E-state index in [1.54, 1.807) is 0 Å². The van der Waals surface area contributed by atoms with Crippen LogP contribution in [0.1, 0.15) is 54.9 Å². The second kappa shape index (κ2) is 8.70. The predicted octanol–water partition coefficient (Wildman–Crippen LogP) is 4.68. The van der Waals surface area contributed by atoms with Crippen LogP contribution in [-0.4, -0.2) is 30.6 Å². The van der Waals surface area contributed by atoms with Gasteiger partial charge < -0.3 is 10.2 Å². The molecule has 1 saturated heterocycles. The molecule has 4 nitrogen and oxygen atoms in total. The van der Waals surface area contributed by atoms with Gasteiger partial charge in [0.2, 0.25) is 0 Å². The normalized spacial score (nSPS) is 22.0. The topological polar surface area (TPSA) is 44.4 Å². The number of hydrogen-bond acceptors (Lipinski definition) is 3. The summed E-state index contributed by atoms with van der Waals surface area (Å²) in [5.74, 6) is 0.608. The third-order valence-corrected chi connectivity index (χ3v) is 6.87. The molecule has 2 aliphatic carbocycles. The summed E-state index contributed by atoms with van der Waals surface area (Å²) in [7, 11) is 0. The highest BCUT2D eigenvalue weighted by molar-refractivity contribution is 8.00. The molecule has 1 heterocycles. The highest BCUT2D eigenvalue weighted by Crippen LogP contribution is 2.38. The molecule has 27 heavy (non-hydrogen) atoms. The van der Waals surface area contributed by atoms with Crippen LogP contribution in [0.25, 0.3) is 0 Å². The van der Waals surface area contributed by atoms with Gasteiger partial charge in [0.1, 0.15) is 0 Å². The maximum Gasteiger partial charge on any atom is 0.329 e. The minimum absolute atomic E-state index is 0.0992. The maximum absolute atomic E-state index is 12.5. The predicted molar refractivity (Wildman–Crippen MR) is 114 cm³/mol. The van der Waals surface area contributed by atoms with E-state index >= 15 is 0 Å². The number of benzene rings is 1. The Bertz CT molecular complexity index is 699. The van der Waals surface area contributed by atoms with Crippen molar-refractivity contribution >= 4 is 23.7 Å².